The van der Waals surface area contributed by atoms with Gasteiger partial charge in [0.25, 0.3) is 5.96 Å². The van der Waals surface area contributed by atoms with Gasteiger partial charge in [-0.2, -0.15) is 0 Å². The predicted molar refractivity (Wildman–Crippen MR) is 45.1 cm³/mol. The molecule has 0 radical (unpaired) electrons. The molecule has 11 heavy (non-hydrogen) atoms. The lowest BCUT2D eigenvalue weighted by Crippen LogP contribution is -3.00. The Labute approximate surface area is 80.1 Å². The molecule has 0 spiro atoms. The molecule has 0 aliphatic carbocycles. The number of hydrogen-bond acceptors (Lipinski definition) is 1. The maximum atomic E-state index is 4.17. The molecule has 0 aromatic heterocycles. The molecule has 4 heteroatoms. The third-order valence-electron chi connectivity index (χ3n) is 1.20. The number of hydrogen-bond donors (Lipinski definition) is 0. The van der Waals surface area contributed by atoms with Crippen LogP contribution < -0.4 is 17.0 Å². The SMILES string of the molecule is CN=C(N(C)C)[N+](C)(C)C.[Br-]. The van der Waals surface area contributed by atoms with Gasteiger partial charge < -0.3 is 21.9 Å². The van der Waals surface area contributed by atoms with Crippen LogP contribution in [0.15, 0.2) is 4.99 Å². The lowest BCUT2D eigenvalue weighted by atomic mass is 10.6. The summed E-state index contributed by atoms with van der Waals surface area (Å²) in [6, 6.07) is 0. The zero-order valence-corrected chi connectivity index (χ0v) is 9.81. The van der Waals surface area contributed by atoms with E-state index in [1.165, 1.54) is 0 Å². The van der Waals surface area contributed by atoms with Crippen molar-refractivity contribution in [3.8, 4) is 0 Å². The van der Waals surface area contributed by atoms with E-state index in [0.717, 1.165) is 10.4 Å². The first-order valence-corrected chi connectivity index (χ1v) is 3.35. The van der Waals surface area contributed by atoms with Crippen molar-refractivity contribution in [2.75, 3.05) is 42.3 Å². The molecule has 68 valence electrons. The van der Waals surface area contributed by atoms with E-state index < -0.39 is 0 Å². The number of nitrogens with zero attached hydrogens (tertiary/aromatic N) is 3. The van der Waals surface area contributed by atoms with Gasteiger partial charge in [0.1, 0.15) is 0 Å². The molecule has 0 aliphatic rings. The van der Waals surface area contributed by atoms with Crippen LogP contribution in [0, 0.1) is 0 Å². The molecular weight excluding hydrogens is 206 g/mol. The highest BCUT2D eigenvalue weighted by Gasteiger charge is 2.18. The van der Waals surface area contributed by atoms with Gasteiger partial charge in [-0.25, -0.2) is 4.99 Å². The van der Waals surface area contributed by atoms with E-state index in [-0.39, 0.29) is 17.0 Å². The molecule has 0 atom stereocenters. The fraction of sp³-hybridized carbons (Fsp3) is 0.857. The molecular formula is C7H18BrN3. The van der Waals surface area contributed by atoms with Crippen LogP contribution in [0.25, 0.3) is 0 Å². The van der Waals surface area contributed by atoms with Crippen LogP contribution in [0.1, 0.15) is 0 Å². The Morgan fingerprint density at radius 3 is 1.55 bits per heavy atom. The lowest BCUT2D eigenvalue weighted by molar-refractivity contribution is -0.782. The van der Waals surface area contributed by atoms with E-state index in [0.29, 0.717) is 0 Å². The van der Waals surface area contributed by atoms with Gasteiger partial charge in [0.05, 0.1) is 21.1 Å². The Hall–Kier alpha value is -0.0900. The Morgan fingerprint density at radius 2 is 1.55 bits per heavy atom. The Bertz CT molecular complexity index is 135. The number of quaternary nitrogens is 1. The van der Waals surface area contributed by atoms with Crippen LogP contribution in [-0.4, -0.2) is 57.6 Å². The van der Waals surface area contributed by atoms with Crippen LogP contribution in [0.2, 0.25) is 0 Å². The van der Waals surface area contributed by atoms with Gasteiger partial charge in [-0.15, -0.1) is 0 Å². The molecule has 0 rings (SSSR count). The van der Waals surface area contributed by atoms with Gasteiger partial charge in [0.15, 0.2) is 0 Å². The Kier molecular flexibility index (Phi) is 5.79. The minimum atomic E-state index is 0. The first-order chi connectivity index (χ1) is 4.39. The second-order valence-electron chi connectivity index (χ2n) is 3.43. The molecule has 0 unspecified atom stereocenters. The van der Waals surface area contributed by atoms with Crippen molar-refractivity contribution in [2.24, 2.45) is 4.99 Å². The van der Waals surface area contributed by atoms with Crippen LogP contribution in [0.3, 0.4) is 0 Å². The minimum absolute atomic E-state index is 0. The first-order valence-electron chi connectivity index (χ1n) is 3.35. The van der Waals surface area contributed by atoms with Crippen LogP contribution in [0.4, 0.5) is 0 Å². The van der Waals surface area contributed by atoms with Crippen LogP contribution in [-0.2, 0) is 0 Å². The number of rotatable bonds is 0. The molecule has 0 saturated heterocycles. The van der Waals surface area contributed by atoms with E-state index in [2.05, 4.69) is 26.1 Å². The zero-order chi connectivity index (χ0) is 8.36. The summed E-state index contributed by atoms with van der Waals surface area (Å²) in [5.74, 6) is 1.07. The van der Waals surface area contributed by atoms with Gasteiger partial charge in [-0.1, -0.05) is 0 Å². The summed E-state index contributed by atoms with van der Waals surface area (Å²) in [7, 11) is 12.1. The molecule has 0 saturated carbocycles. The molecule has 0 aliphatic heterocycles. The van der Waals surface area contributed by atoms with Crippen molar-refractivity contribution in [3.63, 3.8) is 0 Å². The molecule has 0 aromatic carbocycles. The second kappa shape index (κ2) is 4.72. The average Bonchev–Trinajstić information content (AvgIpc) is 1.60. The smallest absolute Gasteiger partial charge is 0.298 e. The van der Waals surface area contributed by atoms with Gasteiger partial charge in [0, 0.05) is 21.1 Å². The molecule has 0 amide bonds. The van der Waals surface area contributed by atoms with E-state index in [1.54, 1.807) is 0 Å². The van der Waals surface area contributed by atoms with Crippen molar-refractivity contribution < 1.29 is 21.5 Å². The third kappa shape index (κ3) is 4.37. The first kappa shape index (κ1) is 13.5. The number of halogens is 1. The summed E-state index contributed by atoms with van der Waals surface area (Å²) >= 11 is 0. The monoisotopic (exact) mass is 223 g/mol. The number of guanidine groups is 1. The van der Waals surface area contributed by atoms with E-state index in [1.807, 2.05) is 26.0 Å². The standard InChI is InChI=1S/C7H18N3.BrH/c1-8-7(9(2)3)10(4,5)6;/h1-6H3;1H/q+1;/p-1. The molecule has 3 nitrogen and oxygen atoms in total. The van der Waals surface area contributed by atoms with Crippen molar-refractivity contribution in [1.82, 2.24) is 4.90 Å². The average molecular weight is 224 g/mol. The molecule has 0 fully saturated rings. The largest absolute Gasteiger partial charge is 1.00 e. The van der Waals surface area contributed by atoms with Gasteiger partial charge in [-0.05, 0) is 0 Å². The second-order valence-corrected chi connectivity index (χ2v) is 3.43. The molecule has 0 heterocycles. The van der Waals surface area contributed by atoms with Crippen molar-refractivity contribution >= 4 is 5.96 Å². The molecule has 0 aromatic rings. The maximum Gasteiger partial charge on any atom is 0.298 e. The molecule has 0 bridgehead atoms. The van der Waals surface area contributed by atoms with Crippen LogP contribution >= 0.6 is 0 Å². The lowest BCUT2D eigenvalue weighted by Gasteiger charge is -2.28. The topological polar surface area (TPSA) is 15.6 Å². The van der Waals surface area contributed by atoms with Gasteiger partial charge in [-0.3, -0.25) is 4.48 Å². The maximum absolute atomic E-state index is 4.17. The highest BCUT2D eigenvalue weighted by Crippen LogP contribution is 1.96. The summed E-state index contributed by atoms with van der Waals surface area (Å²) in [6.07, 6.45) is 0. The zero-order valence-electron chi connectivity index (χ0n) is 8.22. The van der Waals surface area contributed by atoms with E-state index in [4.69, 9.17) is 0 Å². The van der Waals surface area contributed by atoms with Gasteiger partial charge >= 0.3 is 0 Å². The quantitative estimate of drug-likeness (QED) is 0.247. The van der Waals surface area contributed by atoms with Crippen molar-refractivity contribution in [2.45, 2.75) is 0 Å². The fourth-order valence-corrected chi connectivity index (χ4v) is 1.10. The van der Waals surface area contributed by atoms with Gasteiger partial charge in [0.2, 0.25) is 0 Å². The normalized spacial score (nSPS) is 12.4. The summed E-state index contributed by atoms with van der Waals surface area (Å²) in [6.45, 7) is 0. The minimum Gasteiger partial charge on any atom is -1.00 e. The summed E-state index contributed by atoms with van der Waals surface area (Å²) in [4.78, 5) is 6.20. The predicted octanol–water partition coefficient (Wildman–Crippen LogP) is -2.76. The number of aliphatic imine (C=N–C) groups is 1. The summed E-state index contributed by atoms with van der Waals surface area (Å²) in [5.41, 5.74) is 0. The molecule has 0 N–H and O–H groups in total. The van der Waals surface area contributed by atoms with Crippen molar-refractivity contribution in [3.05, 3.63) is 0 Å². The highest BCUT2D eigenvalue weighted by atomic mass is 79.9. The Balaban J connectivity index is 0. The fourth-order valence-electron chi connectivity index (χ4n) is 1.10. The Morgan fingerprint density at radius 1 is 1.18 bits per heavy atom. The van der Waals surface area contributed by atoms with Crippen molar-refractivity contribution in [1.29, 1.82) is 0 Å². The van der Waals surface area contributed by atoms with E-state index >= 15 is 0 Å². The van der Waals surface area contributed by atoms with Crippen LogP contribution in [0.5, 0.6) is 0 Å². The summed E-state index contributed by atoms with van der Waals surface area (Å²) < 4.78 is 0.767. The third-order valence-corrected chi connectivity index (χ3v) is 1.20. The van der Waals surface area contributed by atoms with E-state index in [9.17, 15) is 0 Å². The summed E-state index contributed by atoms with van der Waals surface area (Å²) in [5, 5.41) is 0. The highest BCUT2D eigenvalue weighted by molar-refractivity contribution is 5.72.